The van der Waals surface area contributed by atoms with Crippen LogP contribution in [-0.2, 0) is 16.6 Å². The van der Waals surface area contributed by atoms with Crippen molar-refractivity contribution in [3.63, 3.8) is 0 Å². The molecule has 8 heteroatoms. The standard InChI is InChI=1S/C13H17ClFNO3S2/c1-20-10-3-2-9(5-10)16-21(18,19)11-4-8(7-17)13(14)12(15)6-11/h4,6,9-10,16-17H,2-3,5,7H2,1H3. The van der Waals surface area contributed by atoms with Crippen LogP contribution in [0.1, 0.15) is 24.8 Å². The van der Waals surface area contributed by atoms with E-state index in [1.165, 1.54) is 6.07 Å². The first-order valence-corrected chi connectivity index (χ1v) is 9.66. The minimum absolute atomic E-state index is 0.0606. The van der Waals surface area contributed by atoms with Crippen molar-refractivity contribution in [2.45, 2.75) is 42.1 Å². The predicted molar refractivity (Wildman–Crippen MR) is 82.6 cm³/mol. The lowest BCUT2D eigenvalue weighted by atomic mass is 10.2. The molecule has 2 rings (SSSR count). The molecule has 2 unspecified atom stereocenters. The Morgan fingerprint density at radius 1 is 1.48 bits per heavy atom. The summed E-state index contributed by atoms with van der Waals surface area (Å²) in [6.07, 6.45) is 4.51. The topological polar surface area (TPSA) is 66.4 Å². The Morgan fingerprint density at radius 3 is 2.76 bits per heavy atom. The van der Waals surface area contributed by atoms with E-state index in [9.17, 15) is 12.8 Å². The Bertz CT molecular complexity index is 624. The van der Waals surface area contributed by atoms with Gasteiger partial charge in [0.25, 0.3) is 0 Å². The molecule has 2 N–H and O–H groups in total. The highest BCUT2D eigenvalue weighted by Crippen LogP contribution is 2.30. The van der Waals surface area contributed by atoms with Gasteiger partial charge in [0, 0.05) is 16.9 Å². The highest BCUT2D eigenvalue weighted by Gasteiger charge is 2.29. The summed E-state index contributed by atoms with van der Waals surface area (Å²) in [5.41, 5.74) is 0.0606. The highest BCUT2D eigenvalue weighted by atomic mass is 35.5. The molecule has 0 spiro atoms. The second-order valence-corrected chi connectivity index (χ2v) is 8.26. The predicted octanol–water partition coefficient (Wildman–Crippen LogP) is 2.53. The number of benzene rings is 1. The summed E-state index contributed by atoms with van der Waals surface area (Å²) in [4.78, 5) is -0.207. The van der Waals surface area contributed by atoms with Gasteiger partial charge in [0.2, 0.25) is 10.0 Å². The molecule has 1 aromatic rings. The molecule has 4 nitrogen and oxygen atoms in total. The molecule has 0 radical (unpaired) electrons. The summed E-state index contributed by atoms with van der Waals surface area (Å²) in [5.74, 6) is -0.850. The van der Waals surface area contributed by atoms with E-state index in [0.29, 0.717) is 5.25 Å². The van der Waals surface area contributed by atoms with Gasteiger partial charge in [0.1, 0.15) is 5.82 Å². The second-order valence-electron chi connectivity index (χ2n) is 5.03. The van der Waals surface area contributed by atoms with E-state index in [1.807, 2.05) is 6.26 Å². The molecule has 0 bridgehead atoms. The Morgan fingerprint density at radius 2 is 2.19 bits per heavy atom. The highest BCUT2D eigenvalue weighted by molar-refractivity contribution is 7.99. The van der Waals surface area contributed by atoms with Crippen LogP contribution in [-0.4, -0.2) is 31.1 Å². The molecule has 0 amide bonds. The van der Waals surface area contributed by atoms with Gasteiger partial charge in [-0.2, -0.15) is 11.8 Å². The van der Waals surface area contributed by atoms with E-state index in [0.717, 1.165) is 25.3 Å². The molecule has 0 saturated heterocycles. The third kappa shape index (κ3) is 3.90. The van der Waals surface area contributed by atoms with Gasteiger partial charge in [-0.25, -0.2) is 17.5 Å². The van der Waals surface area contributed by atoms with E-state index in [1.54, 1.807) is 11.8 Å². The Kier molecular flexibility index (Phi) is 5.54. The molecule has 1 aliphatic rings. The van der Waals surface area contributed by atoms with Crippen molar-refractivity contribution in [1.82, 2.24) is 4.72 Å². The van der Waals surface area contributed by atoms with E-state index < -0.39 is 22.4 Å². The van der Waals surface area contributed by atoms with Gasteiger partial charge in [-0.15, -0.1) is 0 Å². The Labute approximate surface area is 133 Å². The molecule has 1 fully saturated rings. The van der Waals surface area contributed by atoms with E-state index in [-0.39, 0.29) is 21.5 Å². The Hall–Kier alpha value is -0.340. The van der Waals surface area contributed by atoms with Gasteiger partial charge < -0.3 is 5.11 Å². The number of hydrogen-bond donors (Lipinski definition) is 2. The van der Waals surface area contributed by atoms with E-state index in [4.69, 9.17) is 16.7 Å². The molecule has 1 saturated carbocycles. The minimum atomic E-state index is -3.82. The van der Waals surface area contributed by atoms with Gasteiger partial charge >= 0.3 is 0 Å². The average molecular weight is 354 g/mol. The van der Waals surface area contributed by atoms with Crippen molar-refractivity contribution in [3.05, 3.63) is 28.5 Å². The zero-order valence-electron chi connectivity index (χ0n) is 11.5. The summed E-state index contributed by atoms with van der Waals surface area (Å²) >= 11 is 7.39. The maximum atomic E-state index is 13.6. The number of rotatable bonds is 5. The van der Waals surface area contributed by atoms with Crippen molar-refractivity contribution < 1.29 is 17.9 Å². The molecule has 118 valence electrons. The largest absolute Gasteiger partial charge is 0.392 e. The Balaban J connectivity index is 2.22. The average Bonchev–Trinajstić information content (AvgIpc) is 2.88. The molecule has 0 aliphatic heterocycles. The first-order chi connectivity index (χ1) is 9.87. The summed E-state index contributed by atoms with van der Waals surface area (Å²) in [6, 6.07) is 1.95. The lowest BCUT2D eigenvalue weighted by Crippen LogP contribution is -2.33. The summed E-state index contributed by atoms with van der Waals surface area (Å²) in [5, 5.41) is 9.32. The quantitative estimate of drug-likeness (QED) is 0.853. The first kappa shape index (κ1) is 17.0. The van der Waals surface area contributed by atoms with E-state index >= 15 is 0 Å². The lowest BCUT2D eigenvalue weighted by molar-refractivity contribution is 0.281. The van der Waals surface area contributed by atoms with Crippen LogP contribution in [0.5, 0.6) is 0 Å². The number of sulfonamides is 1. The third-order valence-corrected chi connectivity index (χ3v) is 6.62. The molecular weight excluding hydrogens is 337 g/mol. The summed E-state index contributed by atoms with van der Waals surface area (Å²) in [7, 11) is -3.82. The van der Waals surface area contributed by atoms with Crippen LogP contribution in [0.3, 0.4) is 0 Å². The van der Waals surface area contributed by atoms with Crippen molar-refractivity contribution in [2.24, 2.45) is 0 Å². The van der Waals surface area contributed by atoms with Crippen molar-refractivity contribution in [2.75, 3.05) is 6.26 Å². The number of halogens is 2. The van der Waals surface area contributed by atoms with Crippen LogP contribution >= 0.6 is 23.4 Å². The van der Waals surface area contributed by atoms with Crippen molar-refractivity contribution in [1.29, 1.82) is 0 Å². The summed E-state index contributed by atoms with van der Waals surface area (Å²) in [6.45, 7) is -0.517. The fraction of sp³-hybridized carbons (Fsp3) is 0.538. The second kappa shape index (κ2) is 6.83. The van der Waals surface area contributed by atoms with Gasteiger partial charge in [-0.05, 0) is 37.7 Å². The zero-order chi connectivity index (χ0) is 15.6. The molecule has 1 aliphatic carbocycles. The van der Waals surface area contributed by atoms with Crippen LogP contribution in [0.2, 0.25) is 5.02 Å². The fourth-order valence-corrected chi connectivity index (χ4v) is 4.75. The fourth-order valence-electron chi connectivity index (χ4n) is 2.44. The van der Waals surface area contributed by atoms with Gasteiger partial charge in [-0.1, -0.05) is 11.6 Å². The number of aliphatic hydroxyl groups is 1. The minimum Gasteiger partial charge on any atom is -0.392 e. The SMILES string of the molecule is CSC1CCC(NS(=O)(=O)c2cc(F)c(Cl)c(CO)c2)C1. The first-order valence-electron chi connectivity index (χ1n) is 6.51. The number of hydrogen-bond acceptors (Lipinski definition) is 4. The maximum absolute atomic E-state index is 13.6. The third-order valence-electron chi connectivity index (χ3n) is 3.60. The van der Waals surface area contributed by atoms with Gasteiger partial charge in [0.15, 0.2) is 0 Å². The monoisotopic (exact) mass is 353 g/mol. The lowest BCUT2D eigenvalue weighted by Gasteiger charge is -2.14. The van der Waals surface area contributed by atoms with Crippen LogP contribution in [0, 0.1) is 5.82 Å². The molecule has 0 aromatic heterocycles. The number of thioether (sulfide) groups is 1. The van der Waals surface area contributed by atoms with Crippen LogP contribution in [0.4, 0.5) is 4.39 Å². The van der Waals surface area contributed by atoms with Crippen molar-refractivity contribution >= 4 is 33.4 Å². The zero-order valence-corrected chi connectivity index (χ0v) is 13.9. The molecule has 2 atom stereocenters. The molecular formula is C13H17ClFNO3S2. The molecule has 1 aromatic carbocycles. The maximum Gasteiger partial charge on any atom is 0.240 e. The van der Waals surface area contributed by atoms with E-state index in [2.05, 4.69) is 4.72 Å². The van der Waals surface area contributed by atoms with Crippen LogP contribution < -0.4 is 4.72 Å². The summed E-state index contributed by atoms with van der Waals surface area (Å²) < 4.78 is 40.9. The molecule has 21 heavy (non-hydrogen) atoms. The van der Waals surface area contributed by atoms with Crippen molar-refractivity contribution in [3.8, 4) is 0 Å². The smallest absolute Gasteiger partial charge is 0.240 e. The molecule has 0 heterocycles. The van der Waals surface area contributed by atoms with Gasteiger partial charge in [0.05, 0.1) is 16.5 Å². The number of aliphatic hydroxyl groups excluding tert-OH is 1. The van der Waals surface area contributed by atoms with Gasteiger partial charge in [-0.3, -0.25) is 0 Å². The normalized spacial score (nSPS) is 22.7. The van der Waals surface area contributed by atoms with Crippen LogP contribution in [0.25, 0.3) is 0 Å². The number of nitrogens with one attached hydrogen (secondary N) is 1. The van der Waals surface area contributed by atoms with Crippen LogP contribution in [0.15, 0.2) is 17.0 Å².